The molecule has 0 aliphatic rings. The van der Waals surface area contributed by atoms with Crippen LogP contribution < -0.4 is 0 Å². The molecular weight excluding hydrogens is 340 g/mol. The first-order valence-corrected chi connectivity index (χ1v) is 9.36. The summed E-state index contributed by atoms with van der Waals surface area (Å²) in [6.07, 6.45) is 2.75. The molecule has 0 fully saturated rings. The van der Waals surface area contributed by atoms with Crippen LogP contribution in [-0.2, 0) is 28.6 Å². The van der Waals surface area contributed by atoms with Crippen LogP contribution in [-0.4, -0.2) is 49.4 Å². The summed E-state index contributed by atoms with van der Waals surface area (Å²) in [5.74, 6) is -0.834. The van der Waals surface area contributed by atoms with E-state index in [1.54, 1.807) is 0 Å². The van der Waals surface area contributed by atoms with Gasteiger partial charge in [0.1, 0.15) is 19.8 Å². The van der Waals surface area contributed by atoms with Crippen LogP contribution in [0.2, 0.25) is 0 Å². The molecule has 0 radical (unpaired) electrons. The number of aliphatic hydroxyl groups is 1. The van der Waals surface area contributed by atoms with Gasteiger partial charge in [0, 0.05) is 19.3 Å². The van der Waals surface area contributed by atoms with Crippen molar-refractivity contribution in [3.05, 3.63) is 0 Å². The first-order valence-electron chi connectivity index (χ1n) is 9.36. The van der Waals surface area contributed by atoms with E-state index >= 15 is 0 Å². The average molecular weight is 374 g/mol. The van der Waals surface area contributed by atoms with Crippen LogP contribution in [0.1, 0.15) is 66.2 Å². The Morgan fingerprint density at radius 2 is 1.19 bits per heavy atom. The minimum Gasteiger partial charge on any atom is -0.465 e. The van der Waals surface area contributed by atoms with E-state index in [2.05, 4.69) is 0 Å². The predicted molar refractivity (Wildman–Crippen MR) is 96.3 cm³/mol. The predicted octanol–water partition coefficient (Wildman–Crippen LogP) is 2.63. The van der Waals surface area contributed by atoms with Gasteiger partial charge in [0.25, 0.3) is 0 Å². The van der Waals surface area contributed by atoms with Gasteiger partial charge >= 0.3 is 17.9 Å². The average Bonchev–Trinajstić information content (AvgIpc) is 2.60. The molecule has 0 saturated carbocycles. The summed E-state index contributed by atoms with van der Waals surface area (Å²) in [4.78, 5) is 35.2. The van der Waals surface area contributed by atoms with Crippen LogP contribution in [0, 0.1) is 11.3 Å². The second-order valence-electron chi connectivity index (χ2n) is 7.07. The quantitative estimate of drug-likeness (QED) is 0.368. The molecule has 0 aliphatic carbocycles. The lowest BCUT2D eigenvalue weighted by atomic mass is 9.92. The molecule has 26 heavy (non-hydrogen) atoms. The Hall–Kier alpha value is -1.63. The number of aliphatic hydroxyl groups excluding tert-OH is 1. The fourth-order valence-electron chi connectivity index (χ4n) is 1.99. The van der Waals surface area contributed by atoms with E-state index in [0.717, 1.165) is 0 Å². The zero-order chi connectivity index (χ0) is 20.0. The molecule has 0 heterocycles. The van der Waals surface area contributed by atoms with Gasteiger partial charge in [-0.25, -0.2) is 0 Å². The first kappa shape index (κ1) is 24.4. The summed E-state index contributed by atoms with van der Waals surface area (Å²) < 4.78 is 15.6. The van der Waals surface area contributed by atoms with E-state index in [9.17, 15) is 19.5 Å². The van der Waals surface area contributed by atoms with E-state index in [1.165, 1.54) is 0 Å². The van der Waals surface area contributed by atoms with Crippen molar-refractivity contribution in [1.82, 2.24) is 0 Å². The van der Waals surface area contributed by atoms with Crippen molar-refractivity contribution in [3.63, 3.8) is 0 Å². The highest BCUT2D eigenvalue weighted by atomic mass is 16.6. The van der Waals surface area contributed by atoms with Crippen LogP contribution >= 0.6 is 0 Å². The van der Waals surface area contributed by atoms with Gasteiger partial charge < -0.3 is 19.3 Å². The number of ether oxygens (including phenoxy) is 3. The summed E-state index contributed by atoms with van der Waals surface area (Å²) in [7, 11) is 0. The zero-order valence-corrected chi connectivity index (χ0v) is 16.5. The van der Waals surface area contributed by atoms with Gasteiger partial charge in [-0.2, -0.15) is 0 Å². The molecule has 7 heteroatoms. The smallest absolute Gasteiger partial charge is 0.305 e. The van der Waals surface area contributed by atoms with Gasteiger partial charge in [-0.3, -0.25) is 14.4 Å². The van der Waals surface area contributed by atoms with Gasteiger partial charge in [0.05, 0.1) is 12.0 Å². The molecular formula is C19H34O7. The Kier molecular flexibility index (Phi) is 12.7. The fourth-order valence-corrected chi connectivity index (χ4v) is 1.99. The topological polar surface area (TPSA) is 99.1 Å². The minimum atomic E-state index is -1.15. The third kappa shape index (κ3) is 11.1. The molecule has 7 nitrogen and oxygen atoms in total. The van der Waals surface area contributed by atoms with E-state index in [1.807, 2.05) is 27.7 Å². The summed E-state index contributed by atoms with van der Waals surface area (Å²) in [6, 6.07) is 0. The van der Waals surface area contributed by atoms with Crippen molar-refractivity contribution in [2.75, 3.05) is 26.4 Å². The van der Waals surface area contributed by atoms with E-state index in [4.69, 9.17) is 14.2 Å². The van der Waals surface area contributed by atoms with Crippen molar-refractivity contribution in [2.45, 2.75) is 66.2 Å². The van der Waals surface area contributed by atoms with Gasteiger partial charge in [0.2, 0.25) is 0 Å². The molecule has 0 aromatic rings. The number of carbonyl (C=O) groups excluding carboxylic acids is 3. The Bertz CT molecular complexity index is 410. The van der Waals surface area contributed by atoms with Gasteiger partial charge in [0.15, 0.2) is 0 Å². The third-order valence-electron chi connectivity index (χ3n) is 3.79. The van der Waals surface area contributed by atoms with Crippen LogP contribution in [0.25, 0.3) is 0 Å². The molecule has 0 saturated heterocycles. The van der Waals surface area contributed by atoms with Crippen molar-refractivity contribution >= 4 is 17.9 Å². The molecule has 0 amide bonds. The summed E-state index contributed by atoms with van der Waals surface area (Å²) in [5, 5.41) is 9.82. The lowest BCUT2D eigenvalue weighted by Crippen LogP contribution is -2.42. The normalized spacial score (nSPS) is 11.3. The maximum absolute atomic E-state index is 11.9. The van der Waals surface area contributed by atoms with Crippen molar-refractivity contribution in [3.8, 4) is 0 Å². The van der Waals surface area contributed by atoms with Crippen LogP contribution in [0.4, 0.5) is 0 Å². The second-order valence-corrected chi connectivity index (χ2v) is 7.07. The summed E-state index contributed by atoms with van der Waals surface area (Å²) in [5.41, 5.74) is -1.15. The van der Waals surface area contributed by atoms with Crippen molar-refractivity contribution in [1.29, 1.82) is 0 Å². The highest BCUT2D eigenvalue weighted by Gasteiger charge is 2.35. The van der Waals surface area contributed by atoms with Gasteiger partial charge in [-0.05, 0) is 25.2 Å². The molecule has 0 unspecified atom stereocenters. The molecule has 152 valence electrons. The first-order chi connectivity index (χ1) is 12.3. The lowest BCUT2D eigenvalue weighted by molar-refractivity contribution is -0.165. The van der Waals surface area contributed by atoms with E-state index in [0.29, 0.717) is 25.2 Å². The SMILES string of the molecule is CCCC(=O)OCC(CO)(COC(=O)CCC)COC(=O)CCC(C)C. The summed E-state index contributed by atoms with van der Waals surface area (Å²) in [6.45, 7) is 6.73. The Labute approximate surface area is 156 Å². The molecule has 0 aromatic heterocycles. The minimum absolute atomic E-state index is 0.181. The van der Waals surface area contributed by atoms with Gasteiger partial charge in [-0.15, -0.1) is 0 Å². The number of esters is 3. The molecule has 0 atom stereocenters. The van der Waals surface area contributed by atoms with Crippen LogP contribution in [0.5, 0.6) is 0 Å². The number of rotatable bonds is 14. The number of hydrogen-bond donors (Lipinski definition) is 1. The molecule has 0 bridgehead atoms. The summed E-state index contributed by atoms with van der Waals surface area (Å²) >= 11 is 0. The highest BCUT2D eigenvalue weighted by Crippen LogP contribution is 2.21. The molecule has 0 aromatic carbocycles. The van der Waals surface area contributed by atoms with E-state index in [-0.39, 0.29) is 39.1 Å². The van der Waals surface area contributed by atoms with Crippen molar-refractivity contribution < 1.29 is 33.7 Å². The largest absolute Gasteiger partial charge is 0.465 e. The number of hydrogen-bond acceptors (Lipinski definition) is 7. The Balaban J connectivity index is 4.83. The van der Waals surface area contributed by atoms with Crippen LogP contribution in [0.15, 0.2) is 0 Å². The Morgan fingerprint density at radius 1 is 0.808 bits per heavy atom. The standard InChI is InChI=1S/C19H34O7/c1-5-7-16(21)24-12-19(11-20,13-25-17(22)8-6-2)14-26-18(23)10-9-15(3)4/h15,20H,5-14H2,1-4H3. The Morgan fingerprint density at radius 3 is 1.50 bits per heavy atom. The number of carbonyl (C=O) groups is 3. The molecule has 0 aliphatic heterocycles. The lowest BCUT2D eigenvalue weighted by Gasteiger charge is -2.30. The monoisotopic (exact) mass is 374 g/mol. The molecule has 0 spiro atoms. The molecule has 0 rings (SSSR count). The van der Waals surface area contributed by atoms with Gasteiger partial charge in [-0.1, -0.05) is 27.7 Å². The van der Waals surface area contributed by atoms with E-state index < -0.39 is 29.9 Å². The zero-order valence-electron chi connectivity index (χ0n) is 16.5. The molecule has 1 N–H and O–H groups in total. The highest BCUT2D eigenvalue weighted by molar-refractivity contribution is 5.70. The maximum atomic E-state index is 11.9. The fraction of sp³-hybridized carbons (Fsp3) is 0.842. The van der Waals surface area contributed by atoms with Crippen molar-refractivity contribution in [2.24, 2.45) is 11.3 Å². The maximum Gasteiger partial charge on any atom is 0.305 e. The van der Waals surface area contributed by atoms with Crippen LogP contribution in [0.3, 0.4) is 0 Å². The second kappa shape index (κ2) is 13.6. The third-order valence-corrected chi connectivity index (χ3v) is 3.79.